The molecular formula is C15H18N2O2S. The van der Waals surface area contributed by atoms with E-state index < -0.39 is 5.97 Å². The lowest BCUT2D eigenvalue weighted by molar-refractivity contribution is 0.0698. The van der Waals surface area contributed by atoms with Gasteiger partial charge >= 0.3 is 5.97 Å². The number of carboxylic acid groups (broad SMARTS) is 1. The van der Waals surface area contributed by atoms with Crippen molar-refractivity contribution >= 4 is 28.8 Å². The molecule has 1 aliphatic rings. The highest BCUT2D eigenvalue weighted by Gasteiger charge is 2.31. The Bertz CT molecular complexity index is 661. The predicted octanol–water partition coefficient (Wildman–Crippen LogP) is 3.36. The zero-order valence-electron chi connectivity index (χ0n) is 11.7. The van der Waals surface area contributed by atoms with Crippen LogP contribution in [0.25, 0.3) is 11.0 Å². The van der Waals surface area contributed by atoms with Gasteiger partial charge in [-0.3, -0.25) is 0 Å². The molecule has 0 spiro atoms. The molecule has 4 nitrogen and oxygen atoms in total. The second kappa shape index (κ2) is 5.13. The van der Waals surface area contributed by atoms with Crippen molar-refractivity contribution in [2.75, 3.05) is 6.26 Å². The van der Waals surface area contributed by atoms with Crippen molar-refractivity contribution in [3.8, 4) is 0 Å². The van der Waals surface area contributed by atoms with Crippen LogP contribution < -0.4 is 0 Å². The molecule has 1 atom stereocenters. The number of hydrogen-bond acceptors (Lipinski definition) is 3. The minimum Gasteiger partial charge on any atom is -0.478 e. The Labute approximate surface area is 122 Å². The molecule has 0 aliphatic heterocycles. The molecule has 20 heavy (non-hydrogen) atoms. The van der Waals surface area contributed by atoms with Crippen LogP contribution in [0, 0.1) is 0 Å². The number of carbonyl (C=O) groups is 1. The lowest BCUT2D eigenvalue weighted by Crippen LogP contribution is -2.13. The first-order valence-corrected chi connectivity index (χ1v) is 8.16. The Morgan fingerprint density at radius 1 is 1.55 bits per heavy atom. The van der Waals surface area contributed by atoms with Crippen molar-refractivity contribution in [2.45, 2.75) is 37.5 Å². The first-order valence-electron chi connectivity index (χ1n) is 6.87. The Balaban J connectivity index is 2.20. The van der Waals surface area contributed by atoms with Crippen molar-refractivity contribution in [3.63, 3.8) is 0 Å². The minimum atomic E-state index is -0.879. The van der Waals surface area contributed by atoms with Gasteiger partial charge in [-0.1, -0.05) is 13.0 Å². The molecule has 1 aromatic carbocycles. The van der Waals surface area contributed by atoms with Crippen molar-refractivity contribution in [1.29, 1.82) is 0 Å². The van der Waals surface area contributed by atoms with Crippen LogP contribution in [-0.2, 0) is 6.54 Å². The molecule has 1 heterocycles. The van der Waals surface area contributed by atoms with E-state index in [9.17, 15) is 9.90 Å². The number of thioether (sulfide) groups is 1. The maximum atomic E-state index is 11.5. The molecule has 3 rings (SSSR count). The number of benzene rings is 1. The molecule has 0 amide bonds. The molecule has 0 bridgehead atoms. The van der Waals surface area contributed by atoms with Gasteiger partial charge in [-0.05, 0) is 31.2 Å². The van der Waals surface area contributed by atoms with Crippen LogP contribution in [0.4, 0.5) is 0 Å². The molecule has 1 saturated carbocycles. The van der Waals surface area contributed by atoms with Crippen molar-refractivity contribution in [1.82, 2.24) is 9.55 Å². The van der Waals surface area contributed by atoms with E-state index in [-0.39, 0.29) is 0 Å². The maximum absolute atomic E-state index is 11.5. The fourth-order valence-electron chi connectivity index (χ4n) is 2.55. The average Bonchev–Trinajstić information content (AvgIpc) is 3.21. The van der Waals surface area contributed by atoms with E-state index in [0.29, 0.717) is 16.7 Å². The molecule has 5 heteroatoms. The highest BCUT2D eigenvalue weighted by molar-refractivity contribution is 7.99. The van der Waals surface area contributed by atoms with Crippen LogP contribution in [-0.4, -0.2) is 32.1 Å². The fourth-order valence-corrected chi connectivity index (χ4v) is 2.84. The normalized spacial score (nSPS) is 16.5. The third-order valence-electron chi connectivity index (χ3n) is 3.81. The van der Waals surface area contributed by atoms with E-state index in [2.05, 4.69) is 17.7 Å². The van der Waals surface area contributed by atoms with Crippen LogP contribution in [0.2, 0.25) is 0 Å². The molecule has 0 radical (unpaired) electrons. The second-order valence-electron chi connectivity index (χ2n) is 5.38. The molecular weight excluding hydrogens is 272 g/mol. The van der Waals surface area contributed by atoms with Gasteiger partial charge < -0.3 is 9.67 Å². The van der Waals surface area contributed by atoms with Gasteiger partial charge in [0.15, 0.2) is 0 Å². The fraction of sp³-hybridized carbons (Fsp3) is 0.467. The highest BCUT2D eigenvalue weighted by Crippen LogP contribution is 2.41. The number of carboxylic acids is 1. The molecule has 1 fully saturated rings. The number of fused-ring (bicyclic) bond motifs is 1. The number of hydrogen-bond donors (Lipinski definition) is 1. The van der Waals surface area contributed by atoms with Crippen molar-refractivity contribution in [3.05, 3.63) is 29.6 Å². The summed E-state index contributed by atoms with van der Waals surface area (Å²) < 4.78 is 2.14. The molecule has 0 saturated heterocycles. The Morgan fingerprint density at radius 3 is 2.90 bits per heavy atom. The van der Waals surface area contributed by atoms with E-state index in [1.54, 1.807) is 23.9 Å². The lowest BCUT2D eigenvalue weighted by atomic mass is 10.2. The zero-order chi connectivity index (χ0) is 14.3. The van der Waals surface area contributed by atoms with Gasteiger partial charge in [0, 0.05) is 17.7 Å². The number of aromatic carboxylic acids is 1. The quantitative estimate of drug-likeness (QED) is 0.917. The summed E-state index contributed by atoms with van der Waals surface area (Å²) in [4.78, 5) is 16.2. The standard InChI is InChI=1S/C15H18N2O2S/c1-9(20-2)8-17-13-11(15(18)19)4-3-5-12(13)16-14(17)10-6-7-10/h3-5,9-10H,6-8H2,1-2H3,(H,18,19). The Hall–Kier alpha value is -1.49. The SMILES string of the molecule is CSC(C)Cn1c(C2CC2)nc2cccc(C(=O)O)c21. The molecule has 1 aromatic heterocycles. The first-order chi connectivity index (χ1) is 9.61. The molecule has 106 valence electrons. The van der Waals surface area contributed by atoms with Crippen LogP contribution in [0.5, 0.6) is 0 Å². The monoisotopic (exact) mass is 290 g/mol. The molecule has 1 N–H and O–H groups in total. The van der Waals surface area contributed by atoms with E-state index in [1.165, 1.54) is 12.8 Å². The van der Waals surface area contributed by atoms with Gasteiger partial charge in [0.1, 0.15) is 5.82 Å². The average molecular weight is 290 g/mol. The lowest BCUT2D eigenvalue weighted by Gasteiger charge is -2.14. The van der Waals surface area contributed by atoms with Gasteiger partial charge in [-0.25, -0.2) is 9.78 Å². The topological polar surface area (TPSA) is 55.1 Å². The van der Waals surface area contributed by atoms with Gasteiger partial charge in [-0.2, -0.15) is 11.8 Å². The van der Waals surface area contributed by atoms with Crippen LogP contribution in [0.1, 0.15) is 41.9 Å². The number of nitrogens with zero attached hydrogens (tertiary/aromatic N) is 2. The molecule has 2 aromatic rings. The van der Waals surface area contributed by atoms with Gasteiger partial charge in [-0.15, -0.1) is 0 Å². The molecule has 1 unspecified atom stereocenters. The van der Waals surface area contributed by atoms with Crippen molar-refractivity contribution < 1.29 is 9.90 Å². The summed E-state index contributed by atoms with van der Waals surface area (Å²) in [6.07, 6.45) is 4.41. The van der Waals surface area contributed by atoms with Gasteiger partial charge in [0.05, 0.1) is 16.6 Å². The Kier molecular flexibility index (Phi) is 3.46. The van der Waals surface area contributed by atoms with E-state index in [1.807, 2.05) is 6.07 Å². The highest BCUT2D eigenvalue weighted by atomic mass is 32.2. The zero-order valence-corrected chi connectivity index (χ0v) is 12.5. The third-order valence-corrected chi connectivity index (χ3v) is 4.76. The summed E-state index contributed by atoms with van der Waals surface area (Å²) in [6.45, 7) is 2.98. The molecule has 1 aliphatic carbocycles. The van der Waals surface area contributed by atoms with E-state index in [4.69, 9.17) is 4.98 Å². The smallest absolute Gasteiger partial charge is 0.337 e. The Morgan fingerprint density at radius 2 is 2.30 bits per heavy atom. The summed E-state index contributed by atoms with van der Waals surface area (Å²) in [5.74, 6) is 0.698. The van der Waals surface area contributed by atoms with Crippen LogP contribution in [0.15, 0.2) is 18.2 Å². The summed E-state index contributed by atoms with van der Waals surface area (Å²) in [5.41, 5.74) is 1.94. The maximum Gasteiger partial charge on any atom is 0.337 e. The first kappa shape index (κ1) is 13.5. The van der Waals surface area contributed by atoms with Gasteiger partial charge in [0.2, 0.25) is 0 Å². The number of imidazole rings is 1. The largest absolute Gasteiger partial charge is 0.478 e. The number of aromatic nitrogens is 2. The second-order valence-corrected chi connectivity index (χ2v) is 6.66. The third kappa shape index (κ3) is 2.30. The minimum absolute atomic E-state index is 0.357. The number of para-hydroxylation sites is 1. The summed E-state index contributed by atoms with van der Waals surface area (Å²) in [5, 5.41) is 9.85. The van der Waals surface area contributed by atoms with Crippen LogP contribution in [0.3, 0.4) is 0 Å². The van der Waals surface area contributed by atoms with E-state index >= 15 is 0 Å². The van der Waals surface area contributed by atoms with Crippen LogP contribution >= 0.6 is 11.8 Å². The van der Waals surface area contributed by atoms with E-state index in [0.717, 1.165) is 23.4 Å². The summed E-state index contributed by atoms with van der Waals surface area (Å²) in [7, 11) is 0. The number of rotatable bonds is 5. The van der Waals surface area contributed by atoms with Crippen molar-refractivity contribution in [2.24, 2.45) is 0 Å². The predicted molar refractivity (Wildman–Crippen MR) is 81.6 cm³/mol. The van der Waals surface area contributed by atoms with Gasteiger partial charge in [0.25, 0.3) is 0 Å². The summed E-state index contributed by atoms with van der Waals surface area (Å²) in [6, 6.07) is 5.36. The summed E-state index contributed by atoms with van der Waals surface area (Å²) >= 11 is 1.79.